The lowest BCUT2D eigenvalue weighted by Gasteiger charge is -1.99. The van der Waals surface area contributed by atoms with E-state index in [0.717, 1.165) is 12.8 Å². The quantitative estimate of drug-likeness (QED) is 0.327. The summed E-state index contributed by atoms with van der Waals surface area (Å²) in [5, 5.41) is 6.75. The third-order valence-corrected chi connectivity index (χ3v) is 1.28. The van der Waals surface area contributed by atoms with Crippen molar-refractivity contribution in [2.75, 3.05) is 6.61 Å². The molecule has 0 aromatic carbocycles. The lowest BCUT2D eigenvalue weighted by atomic mass is 10.4. The zero-order chi connectivity index (χ0) is 7.56. The molecule has 0 heterocycles. The fraction of sp³-hybridized carbons (Fsp3) is 0.667. The van der Waals surface area contributed by atoms with Crippen molar-refractivity contribution in [1.82, 2.24) is 0 Å². The summed E-state index contributed by atoms with van der Waals surface area (Å²) in [6.45, 7) is -0.0602. The number of nitrogens with two attached hydrogens (primary N) is 1. The molecule has 0 aromatic rings. The molecule has 0 saturated heterocycles. The van der Waals surface area contributed by atoms with E-state index in [2.05, 4.69) is 4.74 Å². The Morgan fingerprint density at radius 1 is 1.70 bits per heavy atom. The monoisotopic (exact) mass is 142 g/mol. The van der Waals surface area contributed by atoms with Gasteiger partial charge >= 0.3 is 5.97 Å². The number of rotatable bonds is 3. The van der Waals surface area contributed by atoms with Crippen molar-refractivity contribution in [3.63, 3.8) is 0 Å². The third kappa shape index (κ3) is 2.05. The summed E-state index contributed by atoms with van der Waals surface area (Å²) in [6, 6.07) is 0. The molecule has 0 radical (unpaired) electrons. The van der Waals surface area contributed by atoms with Crippen LogP contribution in [0.4, 0.5) is 0 Å². The van der Waals surface area contributed by atoms with Crippen LogP contribution in [-0.2, 0) is 9.53 Å². The number of carbonyl (C=O) groups is 1. The molecular weight excluding hydrogens is 132 g/mol. The maximum absolute atomic E-state index is 10.7. The molecule has 0 spiro atoms. The predicted molar refractivity (Wildman–Crippen MR) is 35.6 cm³/mol. The van der Waals surface area contributed by atoms with Crippen LogP contribution in [0.5, 0.6) is 0 Å². The van der Waals surface area contributed by atoms with E-state index < -0.39 is 0 Å². The Labute approximate surface area is 58.9 Å². The number of nitrogens with one attached hydrogen (secondary N) is 1. The summed E-state index contributed by atoms with van der Waals surface area (Å²) in [7, 11) is 0. The van der Waals surface area contributed by atoms with Crippen LogP contribution >= 0.6 is 0 Å². The highest BCUT2D eigenvalue weighted by Crippen LogP contribution is 2.29. The molecule has 0 aliphatic heterocycles. The van der Waals surface area contributed by atoms with Crippen molar-refractivity contribution in [2.24, 2.45) is 11.7 Å². The minimum Gasteiger partial charge on any atom is -0.457 e. The van der Waals surface area contributed by atoms with Gasteiger partial charge in [0.05, 0.1) is 5.92 Å². The lowest BCUT2D eigenvalue weighted by Crippen LogP contribution is -2.20. The molecule has 0 aromatic heterocycles. The van der Waals surface area contributed by atoms with Crippen LogP contribution in [0.25, 0.3) is 0 Å². The first-order chi connectivity index (χ1) is 4.70. The topological polar surface area (TPSA) is 76.2 Å². The Kier molecular flexibility index (Phi) is 1.89. The molecule has 0 atom stereocenters. The molecule has 1 aliphatic rings. The van der Waals surface area contributed by atoms with Gasteiger partial charge in [-0.1, -0.05) is 0 Å². The Morgan fingerprint density at radius 2 is 2.30 bits per heavy atom. The number of carbonyl (C=O) groups excluding carboxylic acids is 1. The van der Waals surface area contributed by atoms with Crippen molar-refractivity contribution in [3.05, 3.63) is 0 Å². The van der Waals surface area contributed by atoms with Gasteiger partial charge in [-0.2, -0.15) is 0 Å². The van der Waals surface area contributed by atoms with E-state index in [1.54, 1.807) is 0 Å². The molecule has 4 heteroatoms. The van der Waals surface area contributed by atoms with E-state index in [0.29, 0.717) is 0 Å². The van der Waals surface area contributed by atoms with Crippen LogP contribution in [-0.4, -0.2) is 18.4 Å². The smallest absolute Gasteiger partial charge is 0.309 e. The molecule has 1 saturated carbocycles. The van der Waals surface area contributed by atoms with E-state index in [-0.39, 0.29) is 24.3 Å². The first-order valence-electron chi connectivity index (χ1n) is 3.19. The number of hydrogen-bond acceptors (Lipinski definition) is 3. The Morgan fingerprint density at radius 3 is 2.70 bits per heavy atom. The largest absolute Gasteiger partial charge is 0.457 e. The highest BCUT2D eigenvalue weighted by atomic mass is 16.5. The molecule has 3 N–H and O–H groups in total. The second kappa shape index (κ2) is 2.68. The molecule has 1 rings (SSSR count). The standard InChI is InChI=1S/C6H10N2O2/c7-5(8)3-10-6(9)4-1-2-4/h4H,1-3H2,(H3,7,8). The number of ether oxygens (including phenoxy) is 1. The van der Waals surface area contributed by atoms with Crippen LogP contribution in [0.15, 0.2) is 0 Å². The van der Waals surface area contributed by atoms with Crippen molar-refractivity contribution >= 4 is 11.8 Å². The zero-order valence-electron chi connectivity index (χ0n) is 5.59. The van der Waals surface area contributed by atoms with Gasteiger partial charge in [-0.25, -0.2) is 0 Å². The normalized spacial score (nSPS) is 16.4. The van der Waals surface area contributed by atoms with E-state index in [1.165, 1.54) is 0 Å². The van der Waals surface area contributed by atoms with Crippen LogP contribution in [0.1, 0.15) is 12.8 Å². The van der Waals surface area contributed by atoms with E-state index >= 15 is 0 Å². The van der Waals surface area contributed by atoms with Crippen LogP contribution < -0.4 is 5.73 Å². The predicted octanol–water partition coefficient (Wildman–Crippen LogP) is -0.124. The second-order valence-corrected chi connectivity index (χ2v) is 2.41. The van der Waals surface area contributed by atoms with Gasteiger partial charge in [0.25, 0.3) is 0 Å². The second-order valence-electron chi connectivity index (χ2n) is 2.41. The maximum Gasteiger partial charge on any atom is 0.309 e. The zero-order valence-corrected chi connectivity index (χ0v) is 5.59. The molecule has 56 valence electrons. The highest BCUT2D eigenvalue weighted by Gasteiger charge is 2.31. The van der Waals surface area contributed by atoms with Gasteiger partial charge in [-0.05, 0) is 12.8 Å². The Bertz CT molecular complexity index is 163. The van der Waals surface area contributed by atoms with E-state index in [1.807, 2.05) is 0 Å². The molecule has 1 fully saturated rings. The molecular formula is C6H10N2O2. The molecule has 0 bridgehead atoms. The first kappa shape index (κ1) is 7.05. The fourth-order valence-corrected chi connectivity index (χ4v) is 0.586. The summed E-state index contributed by atoms with van der Waals surface area (Å²) in [5.74, 6) is -0.219. The van der Waals surface area contributed by atoms with Gasteiger partial charge in [0.1, 0.15) is 12.4 Å². The number of esters is 1. The van der Waals surface area contributed by atoms with Gasteiger partial charge in [0.2, 0.25) is 0 Å². The van der Waals surface area contributed by atoms with Crippen molar-refractivity contribution in [1.29, 1.82) is 5.41 Å². The van der Waals surface area contributed by atoms with Crippen LogP contribution in [0.2, 0.25) is 0 Å². The molecule has 0 unspecified atom stereocenters. The van der Waals surface area contributed by atoms with Crippen LogP contribution in [0.3, 0.4) is 0 Å². The van der Waals surface area contributed by atoms with E-state index in [9.17, 15) is 4.79 Å². The summed E-state index contributed by atoms with van der Waals surface area (Å²) in [6.07, 6.45) is 1.85. The third-order valence-electron chi connectivity index (χ3n) is 1.28. The molecule has 1 aliphatic carbocycles. The fourth-order valence-electron chi connectivity index (χ4n) is 0.586. The number of hydrogen-bond donors (Lipinski definition) is 2. The average Bonchev–Trinajstić information content (AvgIpc) is 2.63. The van der Waals surface area contributed by atoms with Crippen molar-refractivity contribution < 1.29 is 9.53 Å². The van der Waals surface area contributed by atoms with Crippen LogP contribution in [0, 0.1) is 11.3 Å². The van der Waals surface area contributed by atoms with Gasteiger partial charge in [0.15, 0.2) is 0 Å². The lowest BCUT2D eigenvalue weighted by molar-refractivity contribution is -0.143. The molecule has 10 heavy (non-hydrogen) atoms. The minimum absolute atomic E-state index is 0.0602. The van der Waals surface area contributed by atoms with Gasteiger partial charge in [0, 0.05) is 0 Å². The van der Waals surface area contributed by atoms with E-state index in [4.69, 9.17) is 11.1 Å². The summed E-state index contributed by atoms with van der Waals surface area (Å²) in [5.41, 5.74) is 4.97. The molecule has 4 nitrogen and oxygen atoms in total. The van der Waals surface area contributed by atoms with Crippen molar-refractivity contribution in [3.8, 4) is 0 Å². The first-order valence-corrected chi connectivity index (χ1v) is 3.19. The molecule has 0 amide bonds. The van der Waals surface area contributed by atoms with Gasteiger partial charge in [-0.15, -0.1) is 0 Å². The summed E-state index contributed by atoms with van der Waals surface area (Å²) in [4.78, 5) is 10.7. The van der Waals surface area contributed by atoms with Crippen molar-refractivity contribution in [2.45, 2.75) is 12.8 Å². The SMILES string of the molecule is N=C(N)COC(=O)C1CC1. The summed E-state index contributed by atoms with van der Waals surface area (Å²) >= 11 is 0. The minimum atomic E-state index is -0.213. The van der Waals surface area contributed by atoms with Gasteiger partial charge in [-0.3, -0.25) is 10.2 Å². The average molecular weight is 142 g/mol. The summed E-state index contributed by atoms with van der Waals surface area (Å²) < 4.78 is 4.64. The Hall–Kier alpha value is -1.06. The van der Waals surface area contributed by atoms with Gasteiger partial charge < -0.3 is 10.5 Å². The highest BCUT2D eigenvalue weighted by molar-refractivity contribution is 5.82. The number of amidine groups is 1. The maximum atomic E-state index is 10.7. The Balaban J connectivity index is 2.12.